The zero-order chi connectivity index (χ0) is 21.3. The van der Waals surface area contributed by atoms with Gasteiger partial charge in [0, 0.05) is 22.1 Å². The van der Waals surface area contributed by atoms with Gasteiger partial charge in [0.15, 0.2) is 22.5 Å². The van der Waals surface area contributed by atoms with Gasteiger partial charge in [0.25, 0.3) is 0 Å². The van der Waals surface area contributed by atoms with E-state index in [1.54, 1.807) is 18.0 Å². The van der Waals surface area contributed by atoms with E-state index >= 15 is 0 Å². The van der Waals surface area contributed by atoms with Crippen LogP contribution >= 0.6 is 27.7 Å². The number of pyridine rings is 1. The Labute approximate surface area is 189 Å². The number of ether oxygens (including phenoxy) is 2. The van der Waals surface area contributed by atoms with Gasteiger partial charge in [-0.3, -0.25) is 0 Å². The summed E-state index contributed by atoms with van der Waals surface area (Å²) in [6.45, 7) is 8.04. The minimum Gasteiger partial charge on any atom is -0.454 e. The van der Waals surface area contributed by atoms with E-state index in [0.717, 1.165) is 50.0 Å². The van der Waals surface area contributed by atoms with Gasteiger partial charge in [0.05, 0.1) is 5.52 Å². The number of halogens is 1. The zero-order valence-electron chi connectivity index (χ0n) is 17.6. The van der Waals surface area contributed by atoms with Gasteiger partial charge >= 0.3 is 0 Å². The van der Waals surface area contributed by atoms with Crippen LogP contribution in [0, 0.1) is 5.41 Å². The molecule has 0 amide bonds. The first kappa shape index (κ1) is 21.3. The maximum absolute atomic E-state index is 6.12. The van der Waals surface area contributed by atoms with Crippen LogP contribution in [0.1, 0.15) is 46.5 Å². The summed E-state index contributed by atoms with van der Waals surface area (Å²) < 4.78 is 14.2. The van der Waals surface area contributed by atoms with Gasteiger partial charge in [0.2, 0.25) is 6.79 Å². The number of anilines is 1. The lowest BCUT2D eigenvalue weighted by Crippen LogP contribution is -2.05. The number of benzene rings is 1. The number of aromatic nitrogens is 3. The Morgan fingerprint density at radius 2 is 1.93 bits per heavy atom. The normalized spacial score (nSPS) is 13.3. The summed E-state index contributed by atoms with van der Waals surface area (Å²) in [5, 5.41) is 0.903. The SMILES string of the molecule is CC(C)(C)CCCCCn1c(Sc2cc3c(cc2Br)OCO3)nc2c(N)nccc21. The molecule has 3 aromatic rings. The van der Waals surface area contributed by atoms with E-state index in [-0.39, 0.29) is 6.79 Å². The Morgan fingerprint density at radius 3 is 2.70 bits per heavy atom. The van der Waals surface area contributed by atoms with Gasteiger partial charge in [-0.05, 0) is 52.4 Å². The minimum absolute atomic E-state index is 0.255. The van der Waals surface area contributed by atoms with Crippen LogP contribution in [0.5, 0.6) is 11.5 Å². The molecule has 0 aliphatic carbocycles. The predicted molar refractivity (Wildman–Crippen MR) is 124 cm³/mol. The number of fused-ring (bicyclic) bond motifs is 2. The summed E-state index contributed by atoms with van der Waals surface area (Å²) in [6.07, 6.45) is 6.51. The molecular formula is C22H27BrN4O2S. The molecule has 3 heterocycles. The molecule has 1 aromatic carbocycles. The molecule has 0 spiro atoms. The Bertz CT molecular complexity index is 1060. The highest BCUT2D eigenvalue weighted by atomic mass is 79.9. The van der Waals surface area contributed by atoms with Gasteiger partial charge in [-0.25, -0.2) is 9.97 Å². The van der Waals surface area contributed by atoms with E-state index in [0.29, 0.717) is 11.2 Å². The number of aryl methyl sites for hydroxylation is 1. The monoisotopic (exact) mass is 490 g/mol. The van der Waals surface area contributed by atoms with Crippen molar-refractivity contribution in [2.24, 2.45) is 5.41 Å². The average Bonchev–Trinajstić information content (AvgIpc) is 3.26. The van der Waals surface area contributed by atoms with Crippen molar-refractivity contribution in [1.82, 2.24) is 14.5 Å². The van der Waals surface area contributed by atoms with Crippen molar-refractivity contribution in [2.75, 3.05) is 12.5 Å². The number of imidazole rings is 1. The van der Waals surface area contributed by atoms with Crippen molar-refractivity contribution in [3.8, 4) is 11.5 Å². The Kier molecular flexibility index (Phi) is 6.16. The quantitative estimate of drug-likeness (QED) is 0.393. The fourth-order valence-corrected chi connectivity index (χ4v) is 5.04. The van der Waals surface area contributed by atoms with Crippen molar-refractivity contribution in [3.05, 3.63) is 28.9 Å². The van der Waals surface area contributed by atoms with Gasteiger partial charge in [0.1, 0.15) is 5.52 Å². The molecule has 0 atom stereocenters. The molecule has 1 aliphatic heterocycles. The van der Waals surface area contributed by atoms with Crippen molar-refractivity contribution >= 4 is 44.5 Å². The van der Waals surface area contributed by atoms with E-state index in [1.807, 2.05) is 18.2 Å². The molecule has 30 heavy (non-hydrogen) atoms. The first-order chi connectivity index (χ1) is 14.3. The number of nitrogens with zero attached hydrogens (tertiary/aromatic N) is 3. The third kappa shape index (κ3) is 4.70. The fourth-order valence-electron chi connectivity index (χ4n) is 3.52. The van der Waals surface area contributed by atoms with Crippen LogP contribution in [-0.2, 0) is 6.54 Å². The fraction of sp³-hybridized carbons (Fsp3) is 0.455. The number of unbranched alkanes of at least 4 members (excludes halogenated alkanes) is 2. The van der Waals surface area contributed by atoms with Crippen molar-refractivity contribution in [1.29, 1.82) is 0 Å². The average molecular weight is 491 g/mol. The van der Waals surface area contributed by atoms with Crippen LogP contribution in [0.4, 0.5) is 5.82 Å². The van der Waals surface area contributed by atoms with Crippen molar-refractivity contribution < 1.29 is 9.47 Å². The van der Waals surface area contributed by atoms with Crippen LogP contribution in [0.25, 0.3) is 11.0 Å². The van der Waals surface area contributed by atoms with Gasteiger partial charge in [-0.15, -0.1) is 0 Å². The predicted octanol–water partition coefficient (Wildman–Crippen LogP) is 6.26. The molecule has 4 rings (SSSR count). The number of rotatable bonds is 7. The first-order valence-electron chi connectivity index (χ1n) is 10.2. The highest BCUT2D eigenvalue weighted by molar-refractivity contribution is 9.10. The lowest BCUT2D eigenvalue weighted by Gasteiger charge is -2.17. The summed E-state index contributed by atoms with van der Waals surface area (Å²) in [4.78, 5) is 10.1. The lowest BCUT2D eigenvalue weighted by molar-refractivity contribution is 0.174. The highest BCUT2D eigenvalue weighted by Crippen LogP contribution is 2.43. The molecule has 0 fully saturated rings. The number of nitrogen functional groups attached to an aromatic ring is 1. The lowest BCUT2D eigenvalue weighted by atomic mass is 9.89. The molecule has 0 saturated heterocycles. The standard InChI is InChI=1S/C22H27BrN4O2S/c1-22(2,3)8-5-4-6-10-27-15-7-9-25-20(24)19(15)26-21(27)30-18-12-17-16(11-14(18)23)28-13-29-17/h7,9,11-12H,4-6,8,10,13H2,1-3H3,(H2,24,25). The molecule has 1 aliphatic rings. The van der Waals surface area contributed by atoms with E-state index < -0.39 is 0 Å². The number of hydrogen-bond acceptors (Lipinski definition) is 6. The summed E-state index contributed by atoms with van der Waals surface area (Å²) >= 11 is 5.25. The largest absolute Gasteiger partial charge is 0.454 e. The molecule has 0 radical (unpaired) electrons. The third-order valence-corrected chi connectivity index (χ3v) is 7.07. The molecule has 6 nitrogen and oxygen atoms in total. The summed E-state index contributed by atoms with van der Waals surface area (Å²) in [5.41, 5.74) is 8.28. The van der Waals surface area contributed by atoms with E-state index in [4.69, 9.17) is 20.2 Å². The maximum atomic E-state index is 6.12. The second-order valence-corrected chi connectivity index (χ2v) is 10.6. The van der Waals surface area contributed by atoms with Crippen LogP contribution in [-0.4, -0.2) is 21.3 Å². The first-order valence-corrected chi connectivity index (χ1v) is 11.8. The Morgan fingerprint density at radius 1 is 1.17 bits per heavy atom. The summed E-state index contributed by atoms with van der Waals surface area (Å²) in [6, 6.07) is 5.93. The molecule has 2 N–H and O–H groups in total. The van der Waals surface area contributed by atoms with Gasteiger partial charge in [-0.2, -0.15) is 0 Å². The molecule has 0 unspecified atom stereocenters. The minimum atomic E-state index is 0.255. The van der Waals surface area contributed by atoms with Crippen LogP contribution in [0.3, 0.4) is 0 Å². The smallest absolute Gasteiger partial charge is 0.231 e. The molecule has 160 valence electrons. The van der Waals surface area contributed by atoms with E-state index in [2.05, 4.69) is 46.3 Å². The summed E-state index contributed by atoms with van der Waals surface area (Å²) in [5.74, 6) is 1.98. The van der Waals surface area contributed by atoms with E-state index in [1.165, 1.54) is 19.3 Å². The van der Waals surface area contributed by atoms with Crippen LogP contribution in [0.15, 0.2) is 38.9 Å². The maximum Gasteiger partial charge on any atom is 0.231 e. The third-order valence-electron chi connectivity index (χ3n) is 5.10. The Balaban J connectivity index is 1.58. The summed E-state index contributed by atoms with van der Waals surface area (Å²) in [7, 11) is 0. The molecular weight excluding hydrogens is 464 g/mol. The van der Waals surface area contributed by atoms with Crippen molar-refractivity contribution in [2.45, 2.75) is 63.1 Å². The number of hydrogen-bond donors (Lipinski definition) is 1. The van der Waals surface area contributed by atoms with Gasteiger partial charge < -0.3 is 19.8 Å². The van der Waals surface area contributed by atoms with E-state index in [9.17, 15) is 0 Å². The highest BCUT2D eigenvalue weighted by Gasteiger charge is 2.20. The van der Waals surface area contributed by atoms with Gasteiger partial charge in [-0.1, -0.05) is 45.4 Å². The topological polar surface area (TPSA) is 75.2 Å². The van der Waals surface area contributed by atoms with Crippen molar-refractivity contribution in [3.63, 3.8) is 0 Å². The second kappa shape index (κ2) is 8.67. The molecule has 2 aromatic heterocycles. The Hall–Kier alpha value is -1.93. The van der Waals surface area contributed by atoms with Crippen LogP contribution in [0.2, 0.25) is 0 Å². The second-order valence-electron chi connectivity index (χ2n) is 8.72. The molecule has 0 bridgehead atoms. The molecule has 8 heteroatoms. The van der Waals surface area contributed by atoms with Crippen LogP contribution < -0.4 is 15.2 Å². The molecule has 0 saturated carbocycles. The number of nitrogens with two attached hydrogens (primary N) is 1. The zero-order valence-corrected chi connectivity index (χ0v) is 20.0.